The van der Waals surface area contributed by atoms with Gasteiger partial charge in [-0.2, -0.15) is 0 Å². The molecule has 1 aromatic rings. The van der Waals surface area contributed by atoms with Gasteiger partial charge in [-0.05, 0) is 11.5 Å². The van der Waals surface area contributed by atoms with Gasteiger partial charge in [0, 0.05) is 18.3 Å². The molecule has 1 rings (SSSR count). The topological polar surface area (TPSA) is 72.0 Å². The lowest BCUT2D eigenvalue weighted by molar-refractivity contribution is 0.182. The summed E-state index contributed by atoms with van der Waals surface area (Å²) < 4.78 is 3.65. The standard InChI is InChI=1S/C5H9N3OS/c6-2-5(9)1-4-3-10-8-7-4/h3,5,9H,1-2,6H2. The van der Waals surface area contributed by atoms with E-state index in [1.54, 1.807) is 5.38 Å². The minimum absolute atomic E-state index is 0.275. The largest absolute Gasteiger partial charge is 0.391 e. The van der Waals surface area contributed by atoms with Gasteiger partial charge in [0.15, 0.2) is 0 Å². The first kappa shape index (κ1) is 7.59. The van der Waals surface area contributed by atoms with Crippen molar-refractivity contribution >= 4 is 11.5 Å². The predicted molar refractivity (Wildman–Crippen MR) is 38.7 cm³/mol. The van der Waals surface area contributed by atoms with Crippen LogP contribution in [0.25, 0.3) is 0 Å². The molecule has 3 N–H and O–H groups in total. The second-order valence-electron chi connectivity index (χ2n) is 1.99. The maximum atomic E-state index is 9.04. The fourth-order valence-corrected chi connectivity index (χ4v) is 1.06. The van der Waals surface area contributed by atoms with Gasteiger partial charge in [0.2, 0.25) is 0 Å². The zero-order valence-electron chi connectivity index (χ0n) is 5.40. The molecule has 1 unspecified atom stereocenters. The van der Waals surface area contributed by atoms with Crippen molar-refractivity contribution in [2.75, 3.05) is 6.54 Å². The summed E-state index contributed by atoms with van der Waals surface area (Å²) >= 11 is 1.28. The molecular weight excluding hydrogens is 150 g/mol. The maximum Gasteiger partial charge on any atom is 0.0781 e. The fraction of sp³-hybridized carbons (Fsp3) is 0.600. The van der Waals surface area contributed by atoms with E-state index in [1.807, 2.05) is 0 Å². The SMILES string of the molecule is NCC(O)Cc1csnn1. The van der Waals surface area contributed by atoms with Gasteiger partial charge in [-0.15, -0.1) is 5.10 Å². The van der Waals surface area contributed by atoms with E-state index in [4.69, 9.17) is 10.8 Å². The van der Waals surface area contributed by atoms with Crippen LogP contribution in [-0.4, -0.2) is 27.3 Å². The number of hydrogen-bond acceptors (Lipinski definition) is 5. The van der Waals surface area contributed by atoms with E-state index in [2.05, 4.69) is 9.59 Å². The number of aromatic nitrogens is 2. The zero-order chi connectivity index (χ0) is 7.40. The van der Waals surface area contributed by atoms with Crippen LogP contribution in [0, 0.1) is 0 Å². The molecule has 0 spiro atoms. The lowest BCUT2D eigenvalue weighted by Crippen LogP contribution is -2.22. The Morgan fingerprint density at radius 2 is 2.60 bits per heavy atom. The van der Waals surface area contributed by atoms with E-state index in [1.165, 1.54) is 11.5 Å². The van der Waals surface area contributed by atoms with Gasteiger partial charge in [-0.1, -0.05) is 4.49 Å². The molecule has 0 aliphatic carbocycles. The van der Waals surface area contributed by atoms with Gasteiger partial charge in [0.1, 0.15) is 0 Å². The molecule has 0 radical (unpaired) electrons. The first-order chi connectivity index (χ1) is 4.83. The highest BCUT2D eigenvalue weighted by Crippen LogP contribution is 2.00. The number of rotatable bonds is 3. The van der Waals surface area contributed by atoms with Crippen molar-refractivity contribution in [3.8, 4) is 0 Å². The molecule has 0 saturated heterocycles. The summed E-state index contributed by atoms with van der Waals surface area (Å²) in [7, 11) is 0. The van der Waals surface area contributed by atoms with Gasteiger partial charge in [-0.3, -0.25) is 0 Å². The third-order valence-electron chi connectivity index (χ3n) is 1.12. The van der Waals surface area contributed by atoms with Crippen molar-refractivity contribution in [3.05, 3.63) is 11.1 Å². The summed E-state index contributed by atoms with van der Waals surface area (Å²) in [5, 5.41) is 14.6. The minimum Gasteiger partial charge on any atom is -0.391 e. The predicted octanol–water partition coefficient (Wildman–Crippen LogP) is -0.600. The van der Waals surface area contributed by atoms with E-state index < -0.39 is 6.10 Å². The molecule has 0 amide bonds. The van der Waals surface area contributed by atoms with E-state index in [-0.39, 0.29) is 6.54 Å². The molecule has 4 nitrogen and oxygen atoms in total. The Kier molecular flexibility index (Phi) is 2.73. The van der Waals surface area contributed by atoms with Crippen LogP contribution in [0.2, 0.25) is 0 Å². The van der Waals surface area contributed by atoms with Crippen molar-refractivity contribution in [2.45, 2.75) is 12.5 Å². The van der Waals surface area contributed by atoms with E-state index in [9.17, 15) is 0 Å². The quantitative estimate of drug-likeness (QED) is 0.617. The second kappa shape index (κ2) is 3.60. The van der Waals surface area contributed by atoms with Crippen LogP contribution in [0.1, 0.15) is 5.69 Å². The maximum absolute atomic E-state index is 9.04. The normalized spacial score (nSPS) is 13.4. The Bertz CT molecular complexity index is 177. The van der Waals surface area contributed by atoms with Gasteiger partial charge in [-0.25, -0.2) is 0 Å². The van der Waals surface area contributed by atoms with E-state index in [0.29, 0.717) is 6.42 Å². The Balaban J connectivity index is 2.40. The van der Waals surface area contributed by atoms with Crippen LogP contribution in [0.5, 0.6) is 0 Å². The van der Waals surface area contributed by atoms with Crippen LogP contribution in [0.15, 0.2) is 5.38 Å². The fourth-order valence-electron chi connectivity index (χ4n) is 0.598. The molecule has 10 heavy (non-hydrogen) atoms. The molecular formula is C5H9N3OS. The minimum atomic E-state index is -0.483. The van der Waals surface area contributed by atoms with Crippen molar-refractivity contribution in [2.24, 2.45) is 5.73 Å². The van der Waals surface area contributed by atoms with Crippen LogP contribution >= 0.6 is 11.5 Å². The molecule has 0 bridgehead atoms. The molecule has 0 aliphatic rings. The van der Waals surface area contributed by atoms with Crippen molar-refractivity contribution in [3.63, 3.8) is 0 Å². The van der Waals surface area contributed by atoms with E-state index >= 15 is 0 Å². The Morgan fingerprint density at radius 1 is 1.80 bits per heavy atom. The van der Waals surface area contributed by atoms with Crippen LogP contribution in [0.4, 0.5) is 0 Å². The summed E-state index contributed by atoms with van der Waals surface area (Å²) in [5.74, 6) is 0. The Hall–Kier alpha value is -0.520. The molecule has 0 fully saturated rings. The summed E-state index contributed by atoms with van der Waals surface area (Å²) in [6, 6.07) is 0. The molecule has 0 aromatic carbocycles. The lowest BCUT2D eigenvalue weighted by Gasteiger charge is -2.02. The highest BCUT2D eigenvalue weighted by molar-refractivity contribution is 7.03. The third-order valence-corrected chi connectivity index (χ3v) is 1.68. The molecule has 5 heteroatoms. The lowest BCUT2D eigenvalue weighted by atomic mass is 10.2. The van der Waals surface area contributed by atoms with Crippen molar-refractivity contribution in [1.82, 2.24) is 9.59 Å². The highest BCUT2D eigenvalue weighted by Gasteiger charge is 2.03. The molecule has 56 valence electrons. The number of aliphatic hydroxyl groups excluding tert-OH is 1. The third kappa shape index (κ3) is 2.02. The summed E-state index contributed by atoms with van der Waals surface area (Å²) in [6.07, 6.45) is 0.0244. The van der Waals surface area contributed by atoms with E-state index in [0.717, 1.165) is 5.69 Å². The number of aliphatic hydroxyl groups is 1. The number of nitrogens with two attached hydrogens (primary N) is 1. The molecule has 0 aliphatic heterocycles. The summed E-state index contributed by atoms with van der Waals surface area (Å²) in [4.78, 5) is 0. The van der Waals surface area contributed by atoms with Crippen molar-refractivity contribution < 1.29 is 5.11 Å². The zero-order valence-corrected chi connectivity index (χ0v) is 6.21. The van der Waals surface area contributed by atoms with Gasteiger partial charge < -0.3 is 10.8 Å². The van der Waals surface area contributed by atoms with Gasteiger partial charge >= 0.3 is 0 Å². The summed E-state index contributed by atoms with van der Waals surface area (Å²) in [6.45, 7) is 0.275. The van der Waals surface area contributed by atoms with Crippen molar-refractivity contribution in [1.29, 1.82) is 0 Å². The van der Waals surface area contributed by atoms with Gasteiger partial charge in [0.05, 0.1) is 11.8 Å². The first-order valence-corrected chi connectivity index (χ1v) is 3.80. The highest BCUT2D eigenvalue weighted by atomic mass is 32.1. The average molecular weight is 159 g/mol. The molecule has 1 heterocycles. The summed E-state index contributed by atoms with van der Waals surface area (Å²) in [5.41, 5.74) is 6.00. The second-order valence-corrected chi connectivity index (χ2v) is 2.60. The first-order valence-electron chi connectivity index (χ1n) is 2.97. The Labute approximate surface area is 62.8 Å². The van der Waals surface area contributed by atoms with Crippen LogP contribution < -0.4 is 5.73 Å². The van der Waals surface area contributed by atoms with Crippen LogP contribution in [0.3, 0.4) is 0 Å². The van der Waals surface area contributed by atoms with Gasteiger partial charge in [0.25, 0.3) is 0 Å². The van der Waals surface area contributed by atoms with Crippen LogP contribution in [-0.2, 0) is 6.42 Å². The Morgan fingerprint density at radius 3 is 3.10 bits per heavy atom. The molecule has 0 saturated carbocycles. The smallest absolute Gasteiger partial charge is 0.0781 e. The number of hydrogen-bond donors (Lipinski definition) is 2. The molecule has 1 aromatic heterocycles. The number of nitrogens with zero attached hydrogens (tertiary/aromatic N) is 2. The average Bonchev–Trinajstić information content (AvgIpc) is 2.40. The molecule has 1 atom stereocenters. The monoisotopic (exact) mass is 159 g/mol.